The number of hydrogen-bond donors (Lipinski definition) is 1. The predicted octanol–water partition coefficient (Wildman–Crippen LogP) is -1.15. The van der Waals surface area contributed by atoms with Crippen molar-refractivity contribution in [1.82, 2.24) is 20.5 Å². The molecule has 2 aliphatic heterocycles. The summed E-state index contributed by atoms with van der Waals surface area (Å²) in [6.45, 7) is 2.88. The van der Waals surface area contributed by atoms with Gasteiger partial charge in [-0.2, -0.15) is 4.94 Å². The molecule has 7 nitrogen and oxygen atoms in total. The summed E-state index contributed by atoms with van der Waals surface area (Å²) in [5.74, 6) is -0.169. The number of nitrogens with one attached hydrogen (secondary N) is 1. The fourth-order valence-electron chi connectivity index (χ4n) is 1.59. The maximum absolute atomic E-state index is 11.9. The Bertz CT molecular complexity index is 288. The Hall–Kier alpha value is -1.31. The molecule has 84 valence electrons. The van der Waals surface area contributed by atoms with Crippen molar-refractivity contribution in [1.29, 1.82) is 0 Å². The van der Waals surface area contributed by atoms with Gasteiger partial charge in [-0.3, -0.25) is 10.0 Å². The Balaban J connectivity index is 2.03. The third-order valence-electron chi connectivity index (χ3n) is 2.39. The molecular formula is C8H13N4O3-. The molecule has 0 bridgehead atoms. The zero-order valence-electron chi connectivity index (χ0n) is 8.47. The summed E-state index contributed by atoms with van der Waals surface area (Å²) in [4.78, 5) is 18.2. The normalized spacial score (nSPS) is 22.0. The fourth-order valence-corrected chi connectivity index (χ4v) is 1.59. The fraction of sp³-hybridized carbons (Fsp3) is 0.625. The van der Waals surface area contributed by atoms with Crippen LogP contribution in [0, 0.1) is 5.21 Å². The Morgan fingerprint density at radius 3 is 2.73 bits per heavy atom. The van der Waals surface area contributed by atoms with Gasteiger partial charge in [0.25, 0.3) is 5.91 Å². The minimum Gasteiger partial charge on any atom is -0.732 e. The summed E-state index contributed by atoms with van der Waals surface area (Å²) >= 11 is 0. The van der Waals surface area contributed by atoms with E-state index in [1.165, 1.54) is 12.1 Å². The van der Waals surface area contributed by atoms with Crippen molar-refractivity contribution in [2.45, 2.75) is 0 Å². The van der Waals surface area contributed by atoms with Gasteiger partial charge < -0.3 is 15.4 Å². The summed E-state index contributed by atoms with van der Waals surface area (Å²) in [5, 5.41) is 15.4. The van der Waals surface area contributed by atoms with Crippen molar-refractivity contribution in [3.8, 4) is 0 Å². The highest BCUT2D eigenvalue weighted by Crippen LogP contribution is 2.16. The highest BCUT2D eigenvalue weighted by atomic mass is 17.0. The van der Waals surface area contributed by atoms with E-state index < -0.39 is 0 Å². The van der Waals surface area contributed by atoms with Crippen LogP contribution in [0.3, 0.4) is 0 Å². The van der Waals surface area contributed by atoms with E-state index in [9.17, 15) is 10.0 Å². The molecule has 2 heterocycles. The molecule has 0 radical (unpaired) electrons. The van der Waals surface area contributed by atoms with Crippen LogP contribution in [0.4, 0.5) is 0 Å². The summed E-state index contributed by atoms with van der Waals surface area (Å²) < 4.78 is 0. The molecule has 7 heteroatoms. The van der Waals surface area contributed by atoms with Gasteiger partial charge in [0.1, 0.15) is 5.70 Å². The van der Waals surface area contributed by atoms with Crippen LogP contribution in [0.5, 0.6) is 0 Å². The third-order valence-corrected chi connectivity index (χ3v) is 2.39. The molecule has 0 saturated carbocycles. The van der Waals surface area contributed by atoms with E-state index in [0.29, 0.717) is 13.1 Å². The molecule has 0 atom stereocenters. The van der Waals surface area contributed by atoms with Gasteiger partial charge in [0.05, 0.1) is 0 Å². The van der Waals surface area contributed by atoms with E-state index in [1.807, 2.05) is 0 Å². The first-order valence-electron chi connectivity index (χ1n) is 4.78. The van der Waals surface area contributed by atoms with E-state index in [-0.39, 0.29) is 16.8 Å². The summed E-state index contributed by atoms with van der Waals surface area (Å²) in [6.07, 6.45) is 1.14. The van der Waals surface area contributed by atoms with Crippen molar-refractivity contribution >= 4 is 5.91 Å². The largest absolute Gasteiger partial charge is 0.732 e. The zero-order valence-corrected chi connectivity index (χ0v) is 8.47. The van der Waals surface area contributed by atoms with E-state index in [2.05, 4.69) is 10.3 Å². The number of carbonyl (C=O) groups excluding carboxylic acids is 1. The summed E-state index contributed by atoms with van der Waals surface area (Å²) in [7, 11) is 1.53. The van der Waals surface area contributed by atoms with E-state index in [4.69, 9.17) is 0 Å². The van der Waals surface area contributed by atoms with Gasteiger partial charge in [-0.05, 0) is 0 Å². The average Bonchev–Trinajstić information content (AvgIpc) is 2.58. The van der Waals surface area contributed by atoms with Gasteiger partial charge >= 0.3 is 0 Å². The molecule has 1 fully saturated rings. The molecule has 0 aromatic rings. The SMILES string of the molecule is CN1ON([O-])C=C1C(=O)N1CCNCC1. The highest BCUT2D eigenvalue weighted by molar-refractivity contribution is 5.92. The van der Waals surface area contributed by atoms with Crippen LogP contribution in [0.2, 0.25) is 0 Å². The number of likely N-dealkylation sites (N-methyl/N-ethyl adjacent to an activating group) is 1. The van der Waals surface area contributed by atoms with Gasteiger partial charge in [-0.1, -0.05) is 0 Å². The second-order valence-electron chi connectivity index (χ2n) is 3.42. The number of carbonyl (C=O) groups is 1. The monoisotopic (exact) mass is 213 g/mol. The highest BCUT2D eigenvalue weighted by Gasteiger charge is 2.26. The second-order valence-corrected chi connectivity index (χ2v) is 3.42. The van der Waals surface area contributed by atoms with Gasteiger partial charge in [-0.15, -0.1) is 0 Å². The molecule has 0 aromatic carbocycles. The Kier molecular flexibility index (Phi) is 2.76. The zero-order chi connectivity index (χ0) is 10.8. The molecule has 0 aliphatic carbocycles. The van der Waals surface area contributed by atoms with Crippen molar-refractivity contribution in [3.63, 3.8) is 0 Å². The lowest BCUT2D eigenvalue weighted by atomic mass is 10.3. The second kappa shape index (κ2) is 4.05. The van der Waals surface area contributed by atoms with Gasteiger partial charge in [-0.25, -0.2) is 5.06 Å². The first kappa shape index (κ1) is 10.2. The van der Waals surface area contributed by atoms with Crippen molar-refractivity contribution in [2.75, 3.05) is 33.2 Å². The van der Waals surface area contributed by atoms with E-state index >= 15 is 0 Å². The number of rotatable bonds is 1. The molecule has 0 unspecified atom stereocenters. The molecule has 1 amide bonds. The smallest absolute Gasteiger partial charge is 0.274 e. The number of hydroxylamine groups is 4. The van der Waals surface area contributed by atoms with Crippen LogP contribution in [-0.4, -0.2) is 54.3 Å². The molecule has 1 N–H and O–H groups in total. The molecule has 2 aliphatic rings. The lowest BCUT2D eigenvalue weighted by molar-refractivity contribution is -0.228. The van der Waals surface area contributed by atoms with E-state index in [1.54, 1.807) is 4.90 Å². The molecule has 2 rings (SSSR count). The standard InChI is InChI=1S/C8H13N4O3/c1-10-7(6-12(14)15-10)8(13)11-4-2-9-3-5-11/h6,9H,2-5H2,1H3/q-1. The first-order chi connectivity index (χ1) is 7.18. The lowest BCUT2D eigenvalue weighted by Crippen LogP contribution is -2.47. The Labute approximate surface area is 87.4 Å². The van der Waals surface area contributed by atoms with Crippen LogP contribution in [0.15, 0.2) is 11.9 Å². The number of hydrogen-bond acceptors (Lipinski definition) is 6. The van der Waals surface area contributed by atoms with Crippen LogP contribution in [0.25, 0.3) is 0 Å². The Morgan fingerprint density at radius 1 is 1.53 bits per heavy atom. The molecule has 0 spiro atoms. The summed E-state index contributed by atoms with van der Waals surface area (Å²) in [5.41, 5.74) is 0.270. The van der Waals surface area contributed by atoms with Crippen molar-refractivity contribution in [2.24, 2.45) is 0 Å². The number of amides is 1. The third kappa shape index (κ3) is 2.04. The average molecular weight is 213 g/mol. The topological polar surface area (TPSA) is 71.1 Å². The minimum atomic E-state index is -0.169. The minimum absolute atomic E-state index is 0.169. The maximum Gasteiger partial charge on any atom is 0.274 e. The van der Waals surface area contributed by atoms with Crippen LogP contribution in [-0.2, 0) is 9.73 Å². The van der Waals surface area contributed by atoms with Crippen molar-refractivity contribution < 1.29 is 9.73 Å². The van der Waals surface area contributed by atoms with Crippen molar-refractivity contribution in [3.05, 3.63) is 17.1 Å². The Morgan fingerprint density at radius 2 is 2.20 bits per heavy atom. The summed E-state index contributed by atoms with van der Waals surface area (Å²) in [6, 6.07) is 0. The first-order valence-corrected chi connectivity index (χ1v) is 4.78. The lowest BCUT2D eigenvalue weighted by Gasteiger charge is -2.28. The van der Waals surface area contributed by atoms with Gasteiger partial charge in [0.15, 0.2) is 0 Å². The van der Waals surface area contributed by atoms with Crippen LogP contribution >= 0.6 is 0 Å². The maximum atomic E-state index is 11.9. The molecular weight excluding hydrogens is 200 g/mol. The number of nitrogens with zero attached hydrogens (tertiary/aromatic N) is 3. The quantitative estimate of drug-likeness (QED) is 0.593. The van der Waals surface area contributed by atoms with Gasteiger partial charge in [0.2, 0.25) is 0 Å². The molecule has 15 heavy (non-hydrogen) atoms. The number of piperazine rings is 1. The van der Waals surface area contributed by atoms with Crippen LogP contribution in [0.1, 0.15) is 0 Å². The molecule has 1 saturated heterocycles. The van der Waals surface area contributed by atoms with Gasteiger partial charge in [0, 0.05) is 39.4 Å². The van der Waals surface area contributed by atoms with Crippen LogP contribution < -0.4 is 5.32 Å². The van der Waals surface area contributed by atoms with E-state index in [0.717, 1.165) is 19.3 Å². The predicted molar refractivity (Wildman–Crippen MR) is 51.6 cm³/mol. The molecule has 0 aromatic heterocycles.